The molecule has 14 heteroatoms. The van der Waals surface area contributed by atoms with Crippen molar-refractivity contribution < 1.29 is 57.0 Å². The summed E-state index contributed by atoms with van der Waals surface area (Å²) >= 11 is 0. The fraction of sp³-hybridized carbons (Fsp3) is 0.776. The number of aryl methyl sites for hydroxylation is 2. The number of furan rings is 1. The largest absolute Gasteiger partial charge is 0.472 e. The van der Waals surface area contributed by atoms with Crippen molar-refractivity contribution in [1.29, 1.82) is 0 Å². The molecule has 6 atom stereocenters. The molecule has 0 aromatic carbocycles. The Balaban J connectivity index is 1.66. The number of aliphatic hydroxyl groups excluding tert-OH is 2. The highest BCUT2D eigenvalue weighted by Crippen LogP contribution is 2.43. The summed E-state index contributed by atoms with van der Waals surface area (Å²) in [5, 5.41) is 20.7. The van der Waals surface area contributed by atoms with Gasteiger partial charge in [-0.15, -0.1) is 0 Å². The van der Waals surface area contributed by atoms with Crippen LogP contribution in [0.15, 0.2) is 28.7 Å². The highest BCUT2D eigenvalue weighted by molar-refractivity contribution is 7.47. The number of hydrogen-bond donors (Lipinski definition) is 4. The number of allylic oxidation sites excluding steroid dienone is 3. The summed E-state index contributed by atoms with van der Waals surface area (Å²) in [5.41, 5.74) is 8.02. The van der Waals surface area contributed by atoms with Crippen LogP contribution in [0, 0.1) is 25.7 Å². The summed E-state index contributed by atoms with van der Waals surface area (Å²) in [4.78, 5) is 47.8. The van der Waals surface area contributed by atoms with Gasteiger partial charge >= 0.3 is 19.8 Å². The molecule has 1 aromatic rings. The molecule has 13 nitrogen and oxygen atoms in total. The molecule has 0 radical (unpaired) electrons. The van der Waals surface area contributed by atoms with Crippen LogP contribution in [-0.4, -0.2) is 77.5 Å². The maximum atomic E-state index is 12.7. The fourth-order valence-electron chi connectivity index (χ4n) is 7.91. The van der Waals surface area contributed by atoms with Crippen LogP contribution in [-0.2, 0) is 50.3 Å². The van der Waals surface area contributed by atoms with Crippen LogP contribution < -0.4 is 5.73 Å². The molecule has 1 heterocycles. The fourth-order valence-corrected chi connectivity index (χ4v) is 8.68. The Kier molecular flexibility index (Phi) is 30.3. The Morgan fingerprint density at radius 1 is 0.810 bits per heavy atom. The summed E-state index contributed by atoms with van der Waals surface area (Å²) in [6.07, 6.45) is 26.8. The normalized spacial score (nSPS) is 18.7. The molecular weight excluding hydrogens is 826 g/mol. The number of Topliss-reactive ketones (excluding diaryl/α,β-unsaturated/α-hetero) is 1. The third-order valence-corrected chi connectivity index (χ3v) is 12.9. The minimum atomic E-state index is -4.46. The van der Waals surface area contributed by atoms with Gasteiger partial charge in [-0.1, -0.05) is 122 Å². The summed E-state index contributed by atoms with van der Waals surface area (Å²) in [5.74, 6) is 0.558. The first-order valence-electron chi connectivity index (χ1n) is 24.3. The number of phosphoric acid groups is 1. The highest BCUT2D eigenvalue weighted by Gasteiger charge is 2.39. The second kappa shape index (κ2) is 33.8. The van der Waals surface area contributed by atoms with E-state index in [9.17, 15) is 34.1 Å². The summed E-state index contributed by atoms with van der Waals surface area (Å²) < 4.78 is 39.1. The molecule has 0 amide bonds. The molecule has 1 aliphatic carbocycles. The van der Waals surface area contributed by atoms with Gasteiger partial charge in [0.15, 0.2) is 6.10 Å². The van der Waals surface area contributed by atoms with Crippen molar-refractivity contribution in [3.63, 3.8) is 0 Å². The standard InChI is InChI=1S/C49H84NO12P/c1-5-7-19-25-40(51)31-32-43-42(44(52)35-45(43)53)26-21-17-18-23-29-48(54)58-36-41(37-60-63(56,57)59-34-33-50)61-49(55)30-24-16-14-12-10-9-11-13-15-22-28-47-39(4)38(3)46(62-47)27-20-8-6-2/h17,21,31-32,40-44,51-52H,5-16,18-20,22-30,33-37,50H2,1-4H3,(H,56,57)/b21-17-,32-31+/t40-,41+,42+,43+,44-/m0/s1. The van der Waals surface area contributed by atoms with Crippen molar-refractivity contribution in [2.45, 2.75) is 207 Å². The van der Waals surface area contributed by atoms with Gasteiger partial charge in [-0.3, -0.25) is 23.4 Å². The number of unbranched alkanes of at least 4 members (excludes halogenated alkanes) is 14. The maximum Gasteiger partial charge on any atom is 0.472 e. The number of nitrogens with two attached hydrogens (primary N) is 1. The number of ether oxygens (including phenoxy) is 2. The van der Waals surface area contributed by atoms with Gasteiger partial charge in [-0.05, 0) is 69.9 Å². The van der Waals surface area contributed by atoms with Gasteiger partial charge in [-0.2, -0.15) is 0 Å². The lowest BCUT2D eigenvalue weighted by molar-refractivity contribution is -0.161. The molecule has 0 aliphatic heterocycles. The van der Waals surface area contributed by atoms with Gasteiger partial charge in [0, 0.05) is 50.5 Å². The minimum Gasteiger partial charge on any atom is -0.466 e. The Morgan fingerprint density at radius 3 is 2.03 bits per heavy atom. The lowest BCUT2D eigenvalue weighted by Gasteiger charge is -2.19. The molecule has 2 rings (SSSR count). The number of carbonyl (C=O) groups excluding carboxylic acids is 3. The minimum absolute atomic E-state index is 0.0100. The molecule has 1 fully saturated rings. The van der Waals surface area contributed by atoms with Gasteiger partial charge in [0.1, 0.15) is 23.9 Å². The first kappa shape index (κ1) is 56.5. The summed E-state index contributed by atoms with van der Waals surface area (Å²) in [6, 6.07) is 0. The van der Waals surface area contributed by atoms with Crippen LogP contribution >= 0.6 is 7.82 Å². The van der Waals surface area contributed by atoms with E-state index in [0.29, 0.717) is 32.1 Å². The van der Waals surface area contributed by atoms with E-state index in [-0.39, 0.29) is 50.7 Å². The summed E-state index contributed by atoms with van der Waals surface area (Å²) in [6.45, 7) is 7.65. The van der Waals surface area contributed by atoms with E-state index in [2.05, 4.69) is 27.7 Å². The van der Waals surface area contributed by atoms with E-state index in [4.69, 9.17) is 28.7 Å². The SMILES string of the molecule is CCCCCc1oc(CCCCCCCCCCCCC(=O)O[C@H](COC(=O)CCC/C=C\C[C@H]2[C@@H](O)CC(=O)[C@@H]2/C=C/[C@@H](O)CCCCC)COP(=O)(O)OCCN)c(C)c1C. The van der Waals surface area contributed by atoms with Crippen LogP contribution in [0.3, 0.4) is 0 Å². The number of aliphatic hydroxyl groups is 2. The van der Waals surface area contributed by atoms with Crippen molar-refractivity contribution >= 4 is 25.5 Å². The lowest BCUT2D eigenvalue weighted by atomic mass is 9.90. The van der Waals surface area contributed by atoms with Crippen LogP contribution in [0.1, 0.15) is 184 Å². The molecule has 1 aromatic heterocycles. The molecule has 1 unspecified atom stereocenters. The van der Waals surface area contributed by atoms with Crippen molar-refractivity contribution in [1.82, 2.24) is 0 Å². The summed E-state index contributed by atoms with van der Waals surface area (Å²) in [7, 11) is -4.46. The van der Waals surface area contributed by atoms with Crippen LogP contribution in [0.4, 0.5) is 0 Å². The molecule has 5 N–H and O–H groups in total. The number of hydrogen-bond acceptors (Lipinski definition) is 12. The zero-order chi connectivity index (χ0) is 46.3. The lowest BCUT2D eigenvalue weighted by Crippen LogP contribution is -2.29. The smallest absolute Gasteiger partial charge is 0.466 e. The number of esters is 2. The van der Waals surface area contributed by atoms with Crippen LogP contribution in [0.2, 0.25) is 0 Å². The molecule has 362 valence electrons. The van der Waals surface area contributed by atoms with Gasteiger partial charge in [-0.25, -0.2) is 4.57 Å². The van der Waals surface area contributed by atoms with Crippen molar-refractivity contribution in [2.75, 3.05) is 26.4 Å². The quantitative estimate of drug-likeness (QED) is 0.0211. The first-order valence-corrected chi connectivity index (χ1v) is 25.8. The van der Waals surface area contributed by atoms with Gasteiger partial charge in [0.05, 0.1) is 25.4 Å². The number of ketones is 1. The molecule has 0 bridgehead atoms. The molecular formula is C49H84NO12P. The first-order chi connectivity index (χ1) is 30.3. The van der Waals surface area contributed by atoms with E-state index < -0.39 is 50.6 Å². The zero-order valence-electron chi connectivity index (χ0n) is 39.2. The van der Waals surface area contributed by atoms with Gasteiger partial charge in [0.2, 0.25) is 0 Å². The van der Waals surface area contributed by atoms with E-state index in [1.807, 2.05) is 12.2 Å². The average molecular weight is 910 g/mol. The second-order valence-corrected chi connectivity index (χ2v) is 18.8. The third kappa shape index (κ3) is 25.0. The van der Waals surface area contributed by atoms with Crippen molar-refractivity contribution in [3.8, 4) is 0 Å². The van der Waals surface area contributed by atoms with E-state index in [1.54, 1.807) is 12.2 Å². The van der Waals surface area contributed by atoms with Crippen LogP contribution in [0.5, 0.6) is 0 Å². The Morgan fingerprint density at radius 2 is 1.40 bits per heavy atom. The zero-order valence-corrected chi connectivity index (χ0v) is 40.1. The Labute approximate surface area is 378 Å². The number of carbonyl (C=O) groups is 3. The van der Waals surface area contributed by atoms with Gasteiger partial charge in [0.25, 0.3) is 0 Å². The van der Waals surface area contributed by atoms with E-state index in [0.717, 1.165) is 64.2 Å². The Bertz CT molecular complexity index is 1530. The topological polar surface area (TPSA) is 205 Å². The molecule has 0 saturated heterocycles. The monoisotopic (exact) mass is 910 g/mol. The van der Waals surface area contributed by atoms with Gasteiger partial charge < -0.3 is 34.7 Å². The van der Waals surface area contributed by atoms with E-state index in [1.165, 1.54) is 67.6 Å². The molecule has 0 spiro atoms. The molecule has 1 aliphatic rings. The predicted molar refractivity (Wildman–Crippen MR) is 247 cm³/mol. The number of rotatable bonds is 38. The van der Waals surface area contributed by atoms with Crippen molar-refractivity contribution in [2.24, 2.45) is 17.6 Å². The van der Waals surface area contributed by atoms with Crippen molar-refractivity contribution in [3.05, 3.63) is 47.0 Å². The third-order valence-electron chi connectivity index (χ3n) is 11.9. The number of phosphoric ester groups is 1. The van der Waals surface area contributed by atoms with Crippen LogP contribution in [0.25, 0.3) is 0 Å². The average Bonchev–Trinajstić information content (AvgIpc) is 3.68. The maximum absolute atomic E-state index is 12.7. The predicted octanol–water partition coefficient (Wildman–Crippen LogP) is 10.2. The molecule has 1 saturated carbocycles. The Hall–Kier alpha value is -2.64. The molecule has 63 heavy (non-hydrogen) atoms. The van der Waals surface area contributed by atoms with E-state index >= 15 is 0 Å². The highest BCUT2D eigenvalue weighted by atomic mass is 31.2. The second-order valence-electron chi connectivity index (χ2n) is 17.3.